The zero-order valence-electron chi connectivity index (χ0n) is 13.0. The number of nitrogens with zero attached hydrogens (tertiary/aromatic N) is 5. The van der Waals surface area contributed by atoms with Gasteiger partial charge in [-0.3, -0.25) is 9.69 Å². The molecule has 0 aromatic carbocycles. The second-order valence-electron chi connectivity index (χ2n) is 6.35. The van der Waals surface area contributed by atoms with Gasteiger partial charge < -0.3 is 14.6 Å². The highest BCUT2D eigenvalue weighted by Gasteiger charge is 2.29. The fourth-order valence-corrected chi connectivity index (χ4v) is 3.52. The Morgan fingerprint density at radius 1 is 1.14 bits per heavy atom. The van der Waals surface area contributed by atoms with E-state index in [9.17, 15) is 9.90 Å². The summed E-state index contributed by atoms with van der Waals surface area (Å²) < 4.78 is 1.83. The number of piperidine rings is 2. The fraction of sp³-hybridized carbons (Fsp3) is 0.800. The molecular weight excluding hydrogens is 282 g/mol. The highest BCUT2D eigenvalue weighted by atomic mass is 16.3. The van der Waals surface area contributed by atoms with E-state index in [4.69, 9.17) is 0 Å². The topological polar surface area (TPSA) is 74.5 Å². The van der Waals surface area contributed by atoms with E-state index in [1.54, 1.807) is 12.7 Å². The number of hydrogen-bond donors (Lipinski definition) is 1. The Balaban J connectivity index is 1.42. The molecule has 122 valence electrons. The van der Waals surface area contributed by atoms with Crippen molar-refractivity contribution in [3.05, 3.63) is 12.7 Å². The summed E-state index contributed by atoms with van der Waals surface area (Å²) in [7, 11) is 0. The number of amides is 1. The maximum Gasteiger partial charge on any atom is 0.224 e. The monoisotopic (exact) mass is 307 g/mol. The number of likely N-dealkylation sites (tertiary alicyclic amines) is 2. The standard InChI is InChI=1S/C15H25N5O2/c21-14-2-1-6-20(10-14)13-3-8-19(9-4-13)15(22)5-7-18-11-16-17-12-18/h11-14,21H,1-10H2. The van der Waals surface area contributed by atoms with Crippen LogP contribution in [0.5, 0.6) is 0 Å². The molecule has 1 atom stereocenters. The SMILES string of the molecule is O=C(CCn1cnnc1)N1CCC(N2CCCC(O)C2)CC1. The van der Waals surface area contributed by atoms with Crippen LogP contribution >= 0.6 is 0 Å². The number of aromatic nitrogens is 3. The molecule has 2 aliphatic rings. The third-order valence-electron chi connectivity index (χ3n) is 4.81. The van der Waals surface area contributed by atoms with Gasteiger partial charge in [-0.25, -0.2) is 0 Å². The van der Waals surface area contributed by atoms with E-state index in [1.165, 1.54) is 0 Å². The van der Waals surface area contributed by atoms with Gasteiger partial charge in [0.05, 0.1) is 6.10 Å². The van der Waals surface area contributed by atoms with Crippen LogP contribution < -0.4 is 0 Å². The Morgan fingerprint density at radius 3 is 2.55 bits per heavy atom. The third kappa shape index (κ3) is 3.84. The number of aliphatic hydroxyl groups excluding tert-OH is 1. The van der Waals surface area contributed by atoms with Crippen LogP contribution in [0.15, 0.2) is 12.7 Å². The summed E-state index contributed by atoms with van der Waals surface area (Å²) in [5, 5.41) is 17.3. The zero-order valence-corrected chi connectivity index (χ0v) is 13.0. The molecule has 3 rings (SSSR count). The van der Waals surface area contributed by atoms with Gasteiger partial charge >= 0.3 is 0 Å². The first-order chi connectivity index (χ1) is 10.7. The van der Waals surface area contributed by atoms with Gasteiger partial charge in [0.2, 0.25) is 5.91 Å². The number of β-amino-alcohol motifs (C(OH)–C–C–N with tert-alkyl or cyclic N) is 1. The summed E-state index contributed by atoms with van der Waals surface area (Å²) in [6.45, 7) is 4.19. The summed E-state index contributed by atoms with van der Waals surface area (Å²) in [6, 6.07) is 0.525. The Hall–Kier alpha value is -1.47. The van der Waals surface area contributed by atoms with Crippen molar-refractivity contribution in [1.29, 1.82) is 0 Å². The maximum absolute atomic E-state index is 12.2. The van der Waals surface area contributed by atoms with E-state index in [-0.39, 0.29) is 12.0 Å². The first-order valence-corrected chi connectivity index (χ1v) is 8.24. The highest BCUT2D eigenvalue weighted by Crippen LogP contribution is 2.21. The zero-order chi connectivity index (χ0) is 15.4. The molecule has 22 heavy (non-hydrogen) atoms. The van der Waals surface area contributed by atoms with Gasteiger partial charge in [-0.05, 0) is 32.2 Å². The number of hydrogen-bond acceptors (Lipinski definition) is 5. The van der Waals surface area contributed by atoms with E-state index in [0.29, 0.717) is 19.0 Å². The van der Waals surface area contributed by atoms with Crippen LogP contribution in [0.2, 0.25) is 0 Å². The van der Waals surface area contributed by atoms with Gasteiger partial charge in [-0.2, -0.15) is 0 Å². The van der Waals surface area contributed by atoms with Crippen LogP contribution in [-0.2, 0) is 11.3 Å². The van der Waals surface area contributed by atoms with E-state index >= 15 is 0 Å². The molecule has 0 bridgehead atoms. The molecule has 1 aromatic rings. The lowest BCUT2D eigenvalue weighted by Gasteiger charge is -2.41. The molecule has 3 heterocycles. The van der Waals surface area contributed by atoms with E-state index in [1.807, 2.05) is 9.47 Å². The van der Waals surface area contributed by atoms with Crippen molar-refractivity contribution in [3.63, 3.8) is 0 Å². The predicted molar refractivity (Wildman–Crippen MR) is 81.1 cm³/mol. The van der Waals surface area contributed by atoms with Gasteiger partial charge in [-0.1, -0.05) is 0 Å². The number of aliphatic hydroxyl groups is 1. The van der Waals surface area contributed by atoms with Crippen LogP contribution in [0.4, 0.5) is 0 Å². The van der Waals surface area contributed by atoms with Crippen molar-refractivity contribution in [3.8, 4) is 0 Å². The minimum Gasteiger partial charge on any atom is -0.392 e. The highest BCUT2D eigenvalue weighted by molar-refractivity contribution is 5.76. The molecule has 1 N–H and O–H groups in total. The van der Waals surface area contributed by atoms with Crippen molar-refractivity contribution >= 4 is 5.91 Å². The molecule has 1 amide bonds. The Labute approximate surface area is 130 Å². The second-order valence-corrected chi connectivity index (χ2v) is 6.35. The van der Waals surface area contributed by atoms with Gasteiger partial charge in [0.15, 0.2) is 0 Å². The minimum absolute atomic E-state index is 0.169. The quantitative estimate of drug-likeness (QED) is 0.855. The normalized spacial score (nSPS) is 24.6. The molecule has 1 aromatic heterocycles. The van der Waals surface area contributed by atoms with Gasteiger partial charge in [0, 0.05) is 38.6 Å². The van der Waals surface area contributed by atoms with Crippen LogP contribution in [0, 0.1) is 0 Å². The smallest absolute Gasteiger partial charge is 0.224 e. The molecule has 0 spiro atoms. The first kappa shape index (κ1) is 15.4. The molecule has 0 radical (unpaired) electrons. The Kier molecular flexibility index (Phi) is 5.04. The molecule has 2 aliphatic heterocycles. The predicted octanol–water partition coefficient (Wildman–Crippen LogP) is 0.116. The van der Waals surface area contributed by atoms with E-state index < -0.39 is 0 Å². The number of carbonyl (C=O) groups is 1. The van der Waals surface area contributed by atoms with Gasteiger partial charge in [-0.15, -0.1) is 10.2 Å². The third-order valence-corrected chi connectivity index (χ3v) is 4.81. The minimum atomic E-state index is -0.169. The van der Waals surface area contributed by atoms with Crippen molar-refractivity contribution < 1.29 is 9.90 Å². The molecule has 7 nitrogen and oxygen atoms in total. The second kappa shape index (κ2) is 7.19. The number of aryl methyl sites for hydroxylation is 1. The molecular formula is C15H25N5O2. The number of carbonyl (C=O) groups excluding carboxylic acids is 1. The van der Waals surface area contributed by atoms with Crippen molar-refractivity contribution in [1.82, 2.24) is 24.6 Å². The Bertz CT molecular complexity index is 470. The first-order valence-electron chi connectivity index (χ1n) is 8.24. The average molecular weight is 307 g/mol. The van der Waals surface area contributed by atoms with Crippen LogP contribution in [0.1, 0.15) is 32.1 Å². The molecule has 0 aliphatic carbocycles. The average Bonchev–Trinajstić information content (AvgIpc) is 3.06. The lowest BCUT2D eigenvalue weighted by molar-refractivity contribution is -0.133. The van der Waals surface area contributed by atoms with Gasteiger partial charge in [0.25, 0.3) is 0 Å². The molecule has 1 unspecified atom stereocenters. The molecule has 0 saturated carbocycles. The molecule has 2 fully saturated rings. The van der Waals surface area contributed by atoms with Crippen molar-refractivity contribution in [2.45, 2.75) is 50.8 Å². The van der Waals surface area contributed by atoms with Crippen LogP contribution in [0.25, 0.3) is 0 Å². The summed E-state index contributed by atoms with van der Waals surface area (Å²) in [4.78, 5) is 16.6. The lowest BCUT2D eigenvalue weighted by Crippen LogP contribution is -2.50. The molecule has 7 heteroatoms. The summed E-state index contributed by atoms with van der Waals surface area (Å²) >= 11 is 0. The van der Waals surface area contributed by atoms with E-state index in [2.05, 4.69) is 15.1 Å². The summed E-state index contributed by atoms with van der Waals surface area (Å²) in [5.74, 6) is 0.214. The fourth-order valence-electron chi connectivity index (χ4n) is 3.52. The Morgan fingerprint density at radius 2 is 1.86 bits per heavy atom. The van der Waals surface area contributed by atoms with Crippen molar-refractivity contribution in [2.24, 2.45) is 0 Å². The van der Waals surface area contributed by atoms with Crippen LogP contribution in [0.3, 0.4) is 0 Å². The lowest BCUT2D eigenvalue weighted by atomic mass is 9.99. The maximum atomic E-state index is 12.2. The van der Waals surface area contributed by atoms with E-state index in [0.717, 1.165) is 51.9 Å². The largest absolute Gasteiger partial charge is 0.392 e. The summed E-state index contributed by atoms with van der Waals surface area (Å²) in [6.07, 6.45) is 7.66. The van der Waals surface area contributed by atoms with Crippen LogP contribution in [-0.4, -0.2) is 73.9 Å². The molecule has 2 saturated heterocycles. The number of rotatable bonds is 4. The van der Waals surface area contributed by atoms with Gasteiger partial charge in [0.1, 0.15) is 12.7 Å². The van der Waals surface area contributed by atoms with Crippen molar-refractivity contribution in [2.75, 3.05) is 26.2 Å². The summed E-state index contributed by atoms with van der Waals surface area (Å²) in [5.41, 5.74) is 0.